The molecule has 0 saturated heterocycles. The summed E-state index contributed by atoms with van der Waals surface area (Å²) in [6.07, 6.45) is 8.83. The van der Waals surface area contributed by atoms with Crippen LogP contribution in [-0.2, 0) is 0 Å². The van der Waals surface area contributed by atoms with Crippen LogP contribution >= 0.6 is 11.3 Å². The minimum absolute atomic E-state index is 0.151. The molecular weight excluding hydrogens is 202 g/mol. The molecule has 0 spiro atoms. The molecule has 2 heteroatoms. The summed E-state index contributed by atoms with van der Waals surface area (Å²) in [7, 11) is 0. The summed E-state index contributed by atoms with van der Waals surface area (Å²) in [5, 5.41) is 1.23. The molecule has 0 aromatic carbocycles. The van der Waals surface area contributed by atoms with Gasteiger partial charge in [0.15, 0.2) is 0 Å². The Labute approximate surface area is 95.6 Å². The zero-order valence-electron chi connectivity index (χ0n) is 9.74. The third-order valence-corrected chi connectivity index (χ3v) is 3.86. The quantitative estimate of drug-likeness (QED) is 0.685. The maximum Gasteiger partial charge on any atom is 0.0963 e. The number of allylic oxidation sites excluding steroid dienone is 2. The van der Waals surface area contributed by atoms with E-state index in [1.807, 2.05) is 11.3 Å². The maximum atomic E-state index is 4.66. The Kier molecular flexibility index (Phi) is 2.55. The standard InChI is InChI=1S/C13H17NS/c1-9(2)12-14-10-5-7-13(3,4)8-6-11(10)15-12/h5-9H,1-4H3. The van der Waals surface area contributed by atoms with E-state index in [-0.39, 0.29) is 5.41 Å². The predicted octanol–water partition coefficient (Wildman–Crippen LogP) is 4.33. The molecule has 0 atom stereocenters. The van der Waals surface area contributed by atoms with Crippen LogP contribution in [0.5, 0.6) is 0 Å². The van der Waals surface area contributed by atoms with E-state index in [9.17, 15) is 0 Å². The number of hydrogen-bond acceptors (Lipinski definition) is 2. The molecule has 0 saturated carbocycles. The first-order valence-electron chi connectivity index (χ1n) is 5.37. The molecule has 0 fully saturated rings. The van der Waals surface area contributed by atoms with E-state index in [0.717, 1.165) is 5.69 Å². The second-order valence-corrected chi connectivity index (χ2v) is 6.01. The number of aromatic nitrogens is 1. The molecular formula is C13H17NS. The molecule has 80 valence electrons. The zero-order valence-corrected chi connectivity index (χ0v) is 10.6. The molecule has 1 aromatic rings. The fraction of sp³-hybridized carbons (Fsp3) is 0.462. The summed E-state index contributed by atoms with van der Waals surface area (Å²) in [6.45, 7) is 8.80. The van der Waals surface area contributed by atoms with Gasteiger partial charge in [0.05, 0.1) is 15.6 Å². The van der Waals surface area contributed by atoms with Crippen LogP contribution in [0.2, 0.25) is 0 Å². The molecule has 0 radical (unpaired) electrons. The van der Waals surface area contributed by atoms with Crippen molar-refractivity contribution in [2.45, 2.75) is 33.6 Å². The fourth-order valence-electron chi connectivity index (χ4n) is 1.49. The van der Waals surface area contributed by atoms with E-state index in [4.69, 9.17) is 0 Å². The molecule has 0 unspecified atom stereocenters. The number of fused-ring (bicyclic) bond motifs is 1. The first-order valence-corrected chi connectivity index (χ1v) is 6.19. The molecule has 0 amide bonds. The topological polar surface area (TPSA) is 12.9 Å². The number of hydrogen-bond donors (Lipinski definition) is 0. The van der Waals surface area contributed by atoms with E-state index in [0.29, 0.717) is 5.92 Å². The van der Waals surface area contributed by atoms with Gasteiger partial charge in [-0.25, -0.2) is 4.98 Å². The molecule has 2 rings (SSSR count). The monoisotopic (exact) mass is 219 g/mol. The van der Waals surface area contributed by atoms with Gasteiger partial charge in [-0.2, -0.15) is 0 Å². The van der Waals surface area contributed by atoms with Crippen molar-refractivity contribution in [3.8, 4) is 0 Å². The van der Waals surface area contributed by atoms with Crippen LogP contribution in [0.15, 0.2) is 12.2 Å². The van der Waals surface area contributed by atoms with Crippen molar-refractivity contribution >= 4 is 23.5 Å². The van der Waals surface area contributed by atoms with Crippen LogP contribution < -0.4 is 0 Å². The fourth-order valence-corrected chi connectivity index (χ4v) is 2.45. The summed E-state index contributed by atoms with van der Waals surface area (Å²) < 4.78 is 0. The highest BCUT2D eigenvalue weighted by atomic mass is 32.1. The Bertz CT molecular complexity index is 388. The van der Waals surface area contributed by atoms with Gasteiger partial charge in [0.25, 0.3) is 0 Å². The van der Waals surface area contributed by atoms with Crippen molar-refractivity contribution in [1.82, 2.24) is 4.98 Å². The van der Waals surface area contributed by atoms with Gasteiger partial charge in [-0.3, -0.25) is 0 Å². The number of thiazole rings is 1. The number of nitrogens with zero attached hydrogens (tertiary/aromatic N) is 1. The van der Waals surface area contributed by atoms with Gasteiger partial charge in [0, 0.05) is 11.3 Å². The molecule has 1 heterocycles. The van der Waals surface area contributed by atoms with Crippen molar-refractivity contribution in [2.24, 2.45) is 5.41 Å². The van der Waals surface area contributed by atoms with Gasteiger partial charge >= 0.3 is 0 Å². The van der Waals surface area contributed by atoms with E-state index >= 15 is 0 Å². The Balaban J connectivity index is 2.42. The van der Waals surface area contributed by atoms with E-state index in [1.54, 1.807) is 0 Å². The third kappa shape index (κ3) is 2.20. The van der Waals surface area contributed by atoms with E-state index in [2.05, 4.69) is 57.0 Å². The minimum atomic E-state index is 0.151. The first-order chi connectivity index (χ1) is 6.98. The highest BCUT2D eigenvalue weighted by molar-refractivity contribution is 7.12. The molecule has 1 aromatic heterocycles. The third-order valence-electron chi connectivity index (χ3n) is 2.53. The van der Waals surface area contributed by atoms with Gasteiger partial charge in [-0.15, -0.1) is 11.3 Å². The van der Waals surface area contributed by atoms with Crippen molar-refractivity contribution in [3.05, 3.63) is 27.7 Å². The second-order valence-electron chi connectivity index (χ2n) is 4.94. The summed E-state index contributed by atoms with van der Waals surface area (Å²) >= 11 is 1.81. The number of rotatable bonds is 1. The molecule has 1 aliphatic rings. The van der Waals surface area contributed by atoms with Gasteiger partial charge < -0.3 is 0 Å². The summed E-state index contributed by atoms with van der Waals surface area (Å²) in [5.74, 6) is 0.525. The molecule has 1 aliphatic carbocycles. The molecule has 0 bridgehead atoms. The van der Waals surface area contributed by atoms with Crippen LogP contribution in [0.4, 0.5) is 0 Å². The van der Waals surface area contributed by atoms with E-state index in [1.165, 1.54) is 9.88 Å². The van der Waals surface area contributed by atoms with Gasteiger partial charge in [-0.05, 0) is 12.2 Å². The van der Waals surface area contributed by atoms with Crippen LogP contribution in [0.1, 0.15) is 49.2 Å². The minimum Gasteiger partial charge on any atom is -0.241 e. The molecule has 0 N–H and O–H groups in total. The lowest BCUT2D eigenvalue weighted by Crippen LogP contribution is -2.00. The van der Waals surface area contributed by atoms with Crippen molar-refractivity contribution in [2.75, 3.05) is 0 Å². The summed E-state index contributed by atoms with van der Waals surface area (Å²) in [6, 6.07) is 0. The molecule has 15 heavy (non-hydrogen) atoms. The van der Waals surface area contributed by atoms with Gasteiger partial charge in [0.2, 0.25) is 0 Å². The van der Waals surface area contributed by atoms with Crippen molar-refractivity contribution < 1.29 is 0 Å². The summed E-state index contributed by atoms with van der Waals surface area (Å²) in [4.78, 5) is 5.95. The smallest absolute Gasteiger partial charge is 0.0963 e. The lowest BCUT2D eigenvalue weighted by Gasteiger charge is -2.12. The van der Waals surface area contributed by atoms with Gasteiger partial charge in [0.1, 0.15) is 0 Å². The largest absolute Gasteiger partial charge is 0.241 e. The Morgan fingerprint density at radius 3 is 2.53 bits per heavy atom. The molecule has 0 aliphatic heterocycles. The lowest BCUT2D eigenvalue weighted by atomic mass is 9.93. The van der Waals surface area contributed by atoms with Crippen LogP contribution in [-0.4, -0.2) is 4.98 Å². The Morgan fingerprint density at radius 1 is 1.20 bits per heavy atom. The van der Waals surface area contributed by atoms with Crippen molar-refractivity contribution in [1.29, 1.82) is 0 Å². The SMILES string of the molecule is CC(C)c1nc2c(s1)C=CC(C)(C)C=C2. The maximum absolute atomic E-state index is 4.66. The van der Waals surface area contributed by atoms with Crippen LogP contribution in [0.3, 0.4) is 0 Å². The van der Waals surface area contributed by atoms with Crippen LogP contribution in [0, 0.1) is 5.41 Å². The van der Waals surface area contributed by atoms with Crippen LogP contribution in [0.25, 0.3) is 12.2 Å². The predicted molar refractivity (Wildman–Crippen MR) is 68.1 cm³/mol. The van der Waals surface area contributed by atoms with E-state index < -0.39 is 0 Å². The highest BCUT2D eigenvalue weighted by Crippen LogP contribution is 2.32. The normalized spacial score (nSPS) is 17.9. The van der Waals surface area contributed by atoms with Gasteiger partial charge in [-0.1, -0.05) is 39.8 Å². The lowest BCUT2D eigenvalue weighted by molar-refractivity contribution is 0.633. The molecule has 1 nitrogen and oxygen atoms in total. The Morgan fingerprint density at radius 2 is 1.87 bits per heavy atom. The van der Waals surface area contributed by atoms with Crippen molar-refractivity contribution in [3.63, 3.8) is 0 Å². The average Bonchev–Trinajstić information content (AvgIpc) is 2.50. The Hall–Kier alpha value is -0.890. The highest BCUT2D eigenvalue weighted by Gasteiger charge is 2.16. The zero-order chi connectivity index (χ0) is 11.1. The second kappa shape index (κ2) is 3.60. The average molecular weight is 219 g/mol. The summed E-state index contributed by atoms with van der Waals surface area (Å²) in [5.41, 5.74) is 1.28. The first kappa shape index (κ1) is 10.6.